The topological polar surface area (TPSA) is 207 Å². The van der Waals surface area contributed by atoms with Crippen molar-refractivity contribution in [2.24, 2.45) is 0 Å². The molecule has 0 saturated carbocycles. The molecule has 24 aromatic rings. The van der Waals surface area contributed by atoms with Crippen molar-refractivity contribution in [1.29, 1.82) is 0 Å². The lowest BCUT2D eigenvalue weighted by atomic mass is 9.91. The van der Waals surface area contributed by atoms with Gasteiger partial charge in [0.15, 0.2) is 52.4 Å². The fraction of sp³-hybridized carbons (Fsp3) is 0. The van der Waals surface area contributed by atoms with Crippen LogP contribution in [0.25, 0.3) is 235 Å². The Labute approximate surface area is 773 Å². The van der Waals surface area contributed by atoms with Crippen LogP contribution in [0.15, 0.2) is 483 Å². The molecule has 135 heavy (non-hydrogen) atoms. The third-order valence-electron chi connectivity index (χ3n) is 23.9. The third-order valence-corrected chi connectivity index (χ3v) is 23.9. The lowest BCUT2D eigenvalue weighted by Gasteiger charge is -2.15. The van der Waals surface area contributed by atoms with Crippen LogP contribution in [-0.2, 0) is 0 Å². The van der Waals surface area contributed by atoms with Gasteiger partial charge in [0.2, 0.25) is 16.3 Å². The van der Waals surface area contributed by atoms with E-state index in [4.69, 9.17) is 58.1 Å². The zero-order chi connectivity index (χ0) is 90.5. The van der Waals surface area contributed by atoms with E-state index in [-0.39, 0.29) is 16.3 Å². The standard InChI is InChI=1S/3C40H25N3O2/c44-37-33-21-11-12-22-35(33)45-36-25-28(23-24-34(36)37)29-17-7-8-18-30(29)31-19-9-10-20-32(31)40-42-38(26-13-3-1-4-14-26)41-39(43-40)27-15-5-2-6-16-27;44-37-33-20-9-10-21-35(33)45-36-25-29(22-23-34(36)37)32-19-8-7-18-31(32)28-16-11-17-30(24-28)40-42-38(26-12-3-1-4-13-26)41-39(43-40)27-14-5-2-6-15-27;44-37-33-17-9-10-18-35(33)45-36-25-30(23-24-34(36)37)32-16-8-7-15-31(32)26-19-21-29(22-20-26)40-42-38(27-11-3-1-4-12-27)41-39(43-40)28-13-5-2-6-14-28/h3*1-25H. The van der Waals surface area contributed by atoms with Crippen LogP contribution in [0.3, 0.4) is 0 Å². The summed E-state index contributed by atoms with van der Waals surface area (Å²) in [5, 5.41) is 3.44. The van der Waals surface area contributed by atoms with Crippen LogP contribution in [-0.4, -0.2) is 44.9 Å². The molecule has 24 rings (SSSR count). The summed E-state index contributed by atoms with van der Waals surface area (Å²) in [5.41, 5.74) is 23.7. The molecule has 0 N–H and O–H groups in total. The van der Waals surface area contributed by atoms with Gasteiger partial charge < -0.3 is 13.3 Å². The molecule has 0 amide bonds. The first-order valence-corrected chi connectivity index (χ1v) is 44.2. The van der Waals surface area contributed by atoms with Gasteiger partial charge in [0.05, 0.1) is 32.3 Å². The zero-order valence-corrected chi connectivity index (χ0v) is 72.3. The van der Waals surface area contributed by atoms with Crippen molar-refractivity contribution in [2.45, 2.75) is 0 Å². The maximum absolute atomic E-state index is 13.2. The largest absolute Gasteiger partial charge is 0.456 e. The molecular weight excluding hydrogens is 1660 g/mol. The Hall–Kier alpha value is -18.6. The van der Waals surface area contributed by atoms with Crippen LogP contribution in [0.2, 0.25) is 0 Å². The number of fused-ring (bicyclic) bond motifs is 6. The Kier molecular flexibility index (Phi) is 22.2. The predicted molar refractivity (Wildman–Crippen MR) is 542 cm³/mol. The van der Waals surface area contributed by atoms with Crippen LogP contribution >= 0.6 is 0 Å². The van der Waals surface area contributed by atoms with Gasteiger partial charge in [0.25, 0.3) is 0 Å². The van der Waals surface area contributed by atoms with Gasteiger partial charge in [-0.3, -0.25) is 14.4 Å². The molecule has 6 heterocycles. The molecule has 15 nitrogen and oxygen atoms in total. The Morgan fingerprint density at radius 2 is 0.319 bits per heavy atom. The van der Waals surface area contributed by atoms with E-state index in [1.54, 1.807) is 18.2 Å². The van der Waals surface area contributed by atoms with Crippen molar-refractivity contribution in [3.63, 3.8) is 0 Å². The highest BCUT2D eigenvalue weighted by atomic mass is 16.3. The Balaban J connectivity index is 0.000000118. The summed E-state index contributed by atoms with van der Waals surface area (Å²) in [7, 11) is 0. The molecule has 15 heteroatoms. The summed E-state index contributed by atoms with van der Waals surface area (Å²) in [4.78, 5) is 83.5. The van der Waals surface area contributed by atoms with E-state index in [2.05, 4.69) is 84.9 Å². The molecule has 0 atom stereocenters. The smallest absolute Gasteiger partial charge is 0.200 e. The Morgan fingerprint density at radius 1 is 0.126 bits per heavy atom. The zero-order valence-electron chi connectivity index (χ0n) is 72.3. The molecule has 0 saturated heterocycles. The van der Waals surface area contributed by atoms with Crippen molar-refractivity contribution in [3.05, 3.63) is 486 Å². The van der Waals surface area contributed by atoms with E-state index in [1.807, 2.05) is 352 Å². The van der Waals surface area contributed by atoms with Crippen molar-refractivity contribution < 1.29 is 13.3 Å². The van der Waals surface area contributed by atoms with E-state index < -0.39 is 0 Å². The quantitative estimate of drug-likeness (QED) is 0.0875. The fourth-order valence-corrected chi connectivity index (χ4v) is 17.2. The Morgan fingerprint density at radius 3 is 0.637 bits per heavy atom. The van der Waals surface area contributed by atoms with Gasteiger partial charge in [-0.25, -0.2) is 44.9 Å². The maximum Gasteiger partial charge on any atom is 0.200 e. The predicted octanol–water partition coefficient (Wildman–Crippen LogP) is 28.4. The first-order valence-electron chi connectivity index (χ1n) is 44.2. The lowest BCUT2D eigenvalue weighted by Crippen LogP contribution is -2.02. The van der Waals surface area contributed by atoms with E-state index in [0.717, 1.165) is 117 Å². The second-order valence-electron chi connectivity index (χ2n) is 32.4. The summed E-state index contributed by atoms with van der Waals surface area (Å²) in [5.74, 6) is 5.52. The lowest BCUT2D eigenvalue weighted by molar-refractivity contribution is 0.659. The number of hydrogen-bond acceptors (Lipinski definition) is 15. The monoisotopic (exact) mass is 1740 g/mol. The van der Waals surface area contributed by atoms with E-state index >= 15 is 0 Å². The highest BCUT2D eigenvalue weighted by Gasteiger charge is 2.23. The summed E-state index contributed by atoms with van der Waals surface area (Å²) in [6.07, 6.45) is 0. The third kappa shape index (κ3) is 16.8. The number of nitrogens with zero attached hydrogens (tertiary/aromatic N) is 9. The van der Waals surface area contributed by atoms with Crippen LogP contribution in [0, 0.1) is 0 Å². The van der Waals surface area contributed by atoms with Gasteiger partial charge >= 0.3 is 0 Å². The number of benzene rings is 18. The maximum atomic E-state index is 13.2. The summed E-state index contributed by atoms with van der Waals surface area (Å²) in [6.45, 7) is 0. The van der Waals surface area contributed by atoms with Gasteiger partial charge in [-0.05, 0) is 146 Å². The summed E-state index contributed by atoms with van der Waals surface area (Å²) >= 11 is 0. The average Bonchev–Trinajstić information content (AvgIpc) is 0.766. The van der Waals surface area contributed by atoms with Crippen molar-refractivity contribution in [3.8, 4) is 169 Å². The molecule has 0 radical (unpaired) electrons. The molecule has 0 unspecified atom stereocenters. The number of rotatable bonds is 15. The molecular formula is C120H75N9O6. The Bertz CT molecular complexity index is 8640. The van der Waals surface area contributed by atoms with Gasteiger partial charge in [0, 0.05) is 50.1 Å². The molecule has 18 aromatic carbocycles. The van der Waals surface area contributed by atoms with Crippen molar-refractivity contribution in [2.75, 3.05) is 0 Å². The van der Waals surface area contributed by atoms with Crippen molar-refractivity contribution in [1.82, 2.24) is 44.9 Å². The molecule has 636 valence electrons. The van der Waals surface area contributed by atoms with Gasteiger partial charge in [0.1, 0.15) is 33.5 Å². The first-order chi connectivity index (χ1) is 66.6. The minimum absolute atomic E-state index is 0.0218. The van der Waals surface area contributed by atoms with Gasteiger partial charge in [-0.2, -0.15) is 0 Å². The molecule has 0 aliphatic heterocycles. The molecule has 6 aromatic heterocycles. The minimum Gasteiger partial charge on any atom is -0.456 e. The minimum atomic E-state index is -0.0321. The highest BCUT2D eigenvalue weighted by molar-refractivity contribution is 5.99. The number of para-hydroxylation sites is 3. The van der Waals surface area contributed by atoms with Crippen LogP contribution in [0.5, 0.6) is 0 Å². The molecule has 0 aliphatic rings. The number of hydrogen-bond donors (Lipinski definition) is 0. The first kappa shape index (κ1) is 82.1. The molecule has 0 aliphatic carbocycles. The summed E-state index contributed by atoms with van der Waals surface area (Å²) in [6, 6.07) is 149. The second-order valence-corrected chi connectivity index (χ2v) is 32.4. The average molecular weight is 1740 g/mol. The fourth-order valence-electron chi connectivity index (χ4n) is 17.2. The van der Waals surface area contributed by atoms with E-state index in [1.165, 1.54) is 0 Å². The SMILES string of the molecule is O=c1c2ccccc2oc2cc(-c3ccccc3-c3ccc(-c4nc(-c5ccccc5)nc(-c5ccccc5)n4)cc3)ccc12.O=c1c2ccccc2oc2cc(-c3ccccc3-c3cccc(-c4nc(-c5ccccc5)nc(-c5ccccc5)n4)c3)ccc12.O=c1c2ccccc2oc2cc(-c3ccccc3-c3ccccc3-c3nc(-c4ccccc4)nc(-c4ccccc4)n3)ccc12. The van der Waals surface area contributed by atoms with Gasteiger partial charge in [-0.15, -0.1) is 0 Å². The van der Waals surface area contributed by atoms with Gasteiger partial charge in [-0.1, -0.05) is 376 Å². The normalized spacial score (nSPS) is 11.2. The summed E-state index contributed by atoms with van der Waals surface area (Å²) < 4.78 is 18.6. The van der Waals surface area contributed by atoms with Crippen LogP contribution < -0.4 is 16.3 Å². The van der Waals surface area contributed by atoms with Crippen LogP contribution in [0.1, 0.15) is 0 Å². The van der Waals surface area contributed by atoms with Crippen molar-refractivity contribution >= 4 is 65.8 Å². The number of aromatic nitrogens is 9. The van der Waals surface area contributed by atoms with Crippen LogP contribution in [0.4, 0.5) is 0 Å². The molecule has 0 spiro atoms. The highest BCUT2D eigenvalue weighted by Crippen LogP contribution is 2.43. The second kappa shape index (κ2) is 36.5. The van der Waals surface area contributed by atoms with E-state index in [0.29, 0.717) is 118 Å². The molecule has 0 bridgehead atoms. The molecule has 0 fully saturated rings. The van der Waals surface area contributed by atoms with E-state index in [9.17, 15) is 14.4 Å².